The molecule has 0 bridgehead atoms. The summed E-state index contributed by atoms with van der Waals surface area (Å²) in [5, 5.41) is 4.33. The fourth-order valence-corrected chi connectivity index (χ4v) is 3.87. The minimum Gasteiger partial charge on any atom is -0.380 e. The van der Waals surface area contributed by atoms with E-state index in [1.165, 1.54) is 11.0 Å². The molecular formula is C22H24N2O3S. The van der Waals surface area contributed by atoms with Crippen molar-refractivity contribution in [1.29, 1.82) is 0 Å². The molecule has 0 radical (unpaired) electrons. The first-order valence-corrected chi connectivity index (χ1v) is 10.0. The Bertz CT molecular complexity index is 1030. The number of hydrogen-bond acceptors (Lipinski definition) is 4. The number of carbonyl (C=O) groups is 1. The molecule has 0 atom stereocenters. The molecule has 0 aliphatic rings. The van der Waals surface area contributed by atoms with Crippen molar-refractivity contribution in [2.45, 2.75) is 37.0 Å². The molecule has 0 saturated carbocycles. The predicted molar refractivity (Wildman–Crippen MR) is 115 cm³/mol. The van der Waals surface area contributed by atoms with Gasteiger partial charge < -0.3 is 15.0 Å². The van der Waals surface area contributed by atoms with Crippen LogP contribution in [0.25, 0.3) is 10.9 Å². The normalized spacial score (nSPS) is 11.1. The molecular weight excluding hydrogens is 372 g/mol. The zero-order valence-electron chi connectivity index (χ0n) is 16.2. The molecule has 0 fully saturated rings. The number of ether oxygens (including phenoxy) is 1. The summed E-state index contributed by atoms with van der Waals surface area (Å²) in [7, 11) is 1.59. The van der Waals surface area contributed by atoms with E-state index in [2.05, 4.69) is 24.1 Å². The highest BCUT2D eigenvalue weighted by atomic mass is 32.2. The SMILES string of the molecule is COCc1cc(=O)[nH]c2cc(NC(=O)Cc3ccc(SC(C)C)cc3)ccc12. The van der Waals surface area contributed by atoms with Gasteiger partial charge in [0.1, 0.15) is 0 Å². The van der Waals surface area contributed by atoms with Crippen LogP contribution in [0.4, 0.5) is 5.69 Å². The maximum absolute atomic E-state index is 12.4. The Morgan fingerprint density at radius 1 is 1.14 bits per heavy atom. The molecule has 1 amide bonds. The molecule has 28 heavy (non-hydrogen) atoms. The Labute approximate surface area is 168 Å². The van der Waals surface area contributed by atoms with Gasteiger partial charge in [-0.25, -0.2) is 0 Å². The van der Waals surface area contributed by atoms with Crippen LogP contribution in [-0.2, 0) is 22.6 Å². The van der Waals surface area contributed by atoms with Crippen molar-refractivity contribution in [2.24, 2.45) is 0 Å². The first-order chi connectivity index (χ1) is 13.4. The summed E-state index contributed by atoms with van der Waals surface area (Å²) in [6, 6.07) is 15.1. The first-order valence-electron chi connectivity index (χ1n) is 9.15. The number of nitrogens with one attached hydrogen (secondary N) is 2. The van der Waals surface area contributed by atoms with Crippen molar-refractivity contribution >= 4 is 34.3 Å². The predicted octanol–water partition coefficient (Wildman–Crippen LogP) is 4.36. The van der Waals surface area contributed by atoms with Crippen molar-refractivity contribution in [3.8, 4) is 0 Å². The molecule has 0 aliphatic heterocycles. The van der Waals surface area contributed by atoms with Gasteiger partial charge in [0, 0.05) is 34.4 Å². The summed E-state index contributed by atoms with van der Waals surface area (Å²) in [6.45, 7) is 4.67. The fraction of sp³-hybridized carbons (Fsp3) is 0.273. The monoisotopic (exact) mass is 396 g/mol. The van der Waals surface area contributed by atoms with E-state index in [4.69, 9.17) is 4.74 Å². The Balaban J connectivity index is 1.71. The molecule has 3 aromatic rings. The lowest BCUT2D eigenvalue weighted by Gasteiger charge is -2.10. The summed E-state index contributed by atoms with van der Waals surface area (Å²) in [5.74, 6) is -0.0981. The number of thioether (sulfide) groups is 1. The van der Waals surface area contributed by atoms with E-state index in [0.29, 0.717) is 29.5 Å². The molecule has 0 spiro atoms. The third-order valence-electron chi connectivity index (χ3n) is 4.17. The van der Waals surface area contributed by atoms with Crippen LogP contribution in [0.15, 0.2) is 58.2 Å². The maximum Gasteiger partial charge on any atom is 0.248 e. The van der Waals surface area contributed by atoms with Gasteiger partial charge in [0.05, 0.1) is 18.5 Å². The zero-order valence-corrected chi connectivity index (χ0v) is 17.1. The number of methoxy groups -OCH3 is 1. The third-order valence-corrected chi connectivity index (χ3v) is 5.19. The van der Waals surface area contributed by atoms with Gasteiger partial charge in [0.15, 0.2) is 0 Å². The number of fused-ring (bicyclic) bond motifs is 1. The number of H-pyrrole nitrogens is 1. The fourth-order valence-electron chi connectivity index (χ4n) is 3.03. The van der Waals surface area contributed by atoms with Crippen molar-refractivity contribution in [1.82, 2.24) is 4.98 Å². The second kappa shape index (κ2) is 9.08. The Morgan fingerprint density at radius 3 is 2.57 bits per heavy atom. The van der Waals surface area contributed by atoms with Crippen LogP contribution in [-0.4, -0.2) is 23.3 Å². The van der Waals surface area contributed by atoms with Crippen molar-refractivity contribution in [3.63, 3.8) is 0 Å². The molecule has 5 nitrogen and oxygen atoms in total. The van der Waals surface area contributed by atoms with Crippen LogP contribution in [0.3, 0.4) is 0 Å². The summed E-state index contributed by atoms with van der Waals surface area (Å²) in [4.78, 5) is 28.3. The number of aromatic amines is 1. The van der Waals surface area contributed by atoms with Gasteiger partial charge in [-0.1, -0.05) is 32.0 Å². The van der Waals surface area contributed by atoms with Gasteiger partial charge in [0.2, 0.25) is 11.5 Å². The minimum atomic E-state index is -0.192. The highest BCUT2D eigenvalue weighted by Crippen LogP contribution is 2.23. The lowest BCUT2D eigenvalue weighted by molar-refractivity contribution is -0.115. The number of carbonyl (C=O) groups excluding carboxylic acids is 1. The highest BCUT2D eigenvalue weighted by molar-refractivity contribution is 7.99. The van der Waals surface area contributed by atoms with E-state index in [0.717, 1.165) is 16.5 Å². The molecule has 3 rings (SSSR count). The smallest absolute Gasteiger partial charge is 0.248 e. The van der Waals surface area contributed by atoms with Crippen LogP contribution in [0.5, 0.6) is 0 Å². The van der Waals surface area contributed by atoms with E-state index >= 15 is 0 Å². The number of hydrogen-bond donors (Lipinski definition) is 2. The quantitative estimate of drug-likeness (QED) is 0.582. The summed E-state index contributed by atoms with van der Waals surface area (Å²) in [6.07, 6.45) is 0.297. The van der Waals surface area contributed by atoms with Crippen LogP contribution >= 0.6 is 11.8 Å². The second-order valence-corrected chi connectivity index (χ2v) is 8.54. The number of anilines is 1. The number of pyridine rings is 1. The largest absolute Gasteiger partial charge is 0.380 e. The Kier molecular flexibility index (Phi) is 6.54. The van der Waals surface area contributed by atoms with Gasteiger partial charge in [-0.15, -0.1) is 11.8 Å². The van der Waals surface area contributed by atoms with Gasteiger partial charge in [-0.3, -0.25) is 9.59 Å². The number of rotatable bonds is 7. The minimum absolute atomic E-state index is 0.0981. The molecule has 0 aliphatic carbocycles. The number of aromatic nitrogens is 1. The van der Waals surface area contributed by atoms with E-state index in [1.807, 2.05) is 36.4 Å². The Hall–Kier alpha value is -2.57. The van der Waals surface area contributed by atoms with Crippen LogP contribution < -0.4 is 10.9 Å². The average molecular weight is 397 g/mol. The zero-order chi connectivity index (χ0) is 20.1. The lowest BCUT2D eigenvalue weighted by Crippen LogP contribution is -2.14. The maximum atomic E-state index is 12.4. The Morgan fingerprint density at radius 2 is 1.89 bits per heavy atom. The van der Waals surface area contributed by atoms with E-state index < -0.39 is 0 Å². The van der Waals surface area contributed by atoms with Gasteiger partial charge in [-0.2, -0.15) is 0 Å². The molecule has 1 heterocycles. The lowest BCUT2D eigenvalue weighted by atomic mass is 10.1. The topological polar surface area (TPSA) is 71.2 Å². The van der Waals surface area contributed by atoms with E-state index in [1.54, 1.807) is 24.9 Å². The van der Waals surface area contributed by atoms with E-state index in [-0.39, 0.29) is 11.5 Å². The molecule has 6 heteroatoms. The summed E-state index contributed by atoms with van der Waals surface area (Å²) in [5.41, 5.74) is 2.91. The average Bonchev–Trinajstić information content (AvgIpc) is 2.62. The molecule has 0 saturated heterocycles. The van der Waals surface area contributed by atoms with Gasteiger partial charge in [-0.05, 0) is 35.4 Å². The van der Waals surface area contributed by atoms with Crippen LogP contribution in [0, 0.1) is 0 Å². The molecule has 0 unspecified atom stereocenters. The number of amides is 1. The molecule has 1 aromatic heterocycles. The van der Waals surface area contributed by atoms with Crippen LogP contribution in [0.1, 0.15) is 25.0 Å². The van der Waals surface area contributed by atoms with Crippen molar-refractivity contribution < 1.29 is 9.53 Å². The molecule has 2 aromatic carbocycles. The van der Waals surface area contributed by atoms with Gasteiger partial charge >= 0.3 is 0 Å². The highest BCUT2D eigenvalue weighted by Gasteiger charge is 2.08. The van der Waals surface area contributed by atoms with Gasteiger partial charge in [0.25, 0.3) is 0 Å². The summed E-state index contributed by atoms with van der Waals surface area (Å²) < 4.78 is 5.16. The van der Waals surface area contributed by atoms with Crippen LogP contribution in [0.2, 0.25) is 0 Å². The first kappa shape index (κ1) is 20.2. The standard InChI is InChI=1S/C22H24N2O3S/c1-14(2)28-18-7-4-15(5-8-18)10-21(25)23-17-6-9-19-16(13-27-3)11-22(26)24-20(19)12-17/h4-9,11-12,14H,10,13H2,1-3H3,(H,23,25)(H,24,26). The molecule has 146 valence electrons. The summed E-state index contributed by atoms with van der Waals surface area (Å²) >= 11 is 1.80. The van der Waals surface area contributed by atoms with Crippen molar-refractivity contribution in [2.75, 3.05) is 12.4 Å². The number of benzene rings is 2. The molecule has 2 N–H and O–H groups in total. The second-order valence-electron chi connectivity index (χ2n) is 6.89. The third kappa shape index (κ3) is 5.24. The van der Waals surface area contributed by atoms with Crippen molar-refractivity contribution in [3.05, 3.63) is 70.0 Å². The van der Waals surface area contributed by atoms with E-state index in [9.17, 15) is 9.59 Å².